The summed E-state index contributed by atoms with van der Waals surface area (Å²) in [6.45, 7) is 1.91. The molecule has 0 saturated heterocycles. The Labute approximate surface area is 145 Å². The van der Waals surface area contributed by atoms with Crippen molar-refractivity contribution < 1.29 is 9.59 Å². The third-order valence-corrected chi connectivity index (χ3v) is 3.92. The van der Waals surface area contributed by atoms with Gasteiger partial charge in [0.05, 0.1) is 11.7 Å². The molecule has 3 aromatic rings. The molecule has 25 heavy (non-hydrogen) atoms. The predicted molar refractivity (Wildman–Crippen MR) is 94.4 cm³/mol. The second kappa shape index (κ2) is 7.00. The monoisotopic (exact) mass is 334 g/mol. The lowest BCUT2D eigenvalue weighted by atomic mass is 10.1. The maximum atomic E-state index is 12.4. The summed E-state index contributed by atoms with van der Waals surface area (Å²) in [7, 11) is 0. The summed E-state index contributed by atoms with van der Waals surface area (Å²) < 4.78 is 1.76. The lowest BCUT2D eigenvalue weighted by Gasteiger charge is -2.15. The van der Waals surface area contributed by atoms with E-state index in [2.05, 4.69) is 10.4 Å². The molecule has 2 amide bonds. The maximum Gasteiger partial charge on any atom is 0.251 e. The number of amides is 2. The minimum Gasteiger partial charge on any atom is -0.366 e. The van der Waals surface area contributed by atoms with Crippen LogP contribution in [0, 0.1) is 0 Å². The molecule has 126 valence electrons. The van der Waals surface area contributed by atoms with Crippen molar-refractivity contribution >= 4 is 11.8 Å². The number of primary amides is 1. The lowest BCUT2D eigenvalue weighted by molar-refractivity contribution is 0.0937. The molecular weight excluding hydrogens is 316 g/mol. The molecule has 1 atom stereocenters. The van der Waals surface area contributed by atoms with Crippen LogP contribution < -0.4 is 11.1 Å². The Morgan fingerprint density at radius 3 is 2.44 bits per heavy atom. The van der Waals surface area contributed by atoms with Crippen LogP contribution in [0.1, 0.15) is 39.2 Å². The molecule has 1 heterocycles. The van der Waals surface area contributed by atoms with Crippen molar-refractivity contribution in [3.05, 3.63) is 83.7 Å². The Morgan fingerprint density at radius 2 is 1.80 bits per heavy atom. The molecule has 0 aliphatic carbocycles. The van der Waals surface area contributed by atoms with Gasteiger partial charge in [0.1, 0.15) is 0 Å². The van der Waals surface area contributed by atoms with Crippen molar-refractivity contribution in [2.45, 2.75) is 13.0 Å². The van der Waals surface area contributed by atoms with E-state index >= 15 is 0 Å². The fourth-order valence-corrected chi connectivity index (χ4v) is 2.51. The van der Waals surface area contributed by atoms with Gasteiger partial charge in [0.15, 0.2) is 0 Å². The summed E-state index contributed by atoms with van der Waals surface area (Å²) in [6.07, 6.45) is 3.58. The second-order valence-electron chi connectivity index (χ2n) is 5.68. The number of hydrogen-bond donors (Lipinski definition) is 2. The Balaban J connectivity index is 1.73. The van der Waals surface area contributed by atoms with Crippen molar-refractivity contribution in [2.24, 2.45) is 5.73 Å². The molecule has 0 unspecified atom stereocenters. The minimum absolute atomic E-state index is 0.182. The molecule has 0 saturated carbocycles. The Hall–Kier alpha value is -3.41. The summed E-state index contributed by atoms with van der Waals surface area (Å²) >= 11 is 0. The Bertz CT molecular complexity index is 886. The quantitative estimate of drug-likeness (QED) is 0.751. The smallest absolute Gasteiger partial charge is 0.251 e. The summed E-state index contributed by atoms with van der Waals surface area (Å²) in [6, 6.07) is 15.7. The molecule has 1 aromatic heterocycles. The molecule has 3 rings (SSSR count). The number of benzene rings is 2. The van der Waals surface area contributed by atoms with Crippen molar-refractivity contribution in [1.82, 2.24) is 15.1 Å². The minimum atomic E-state index is -0.518. The number of nitrogens with two attached hydrogens (primary N) is 1. The summed E-state index contributed by atoms with van der Waals surface area (Å²) in [5.41, 5.74) is 7.94. The molecule has 0 aliphatic heterocycles. The molecule has 0 fully saturated rings. The standard InChI is InChI=1S/C19H18N4O2/c1-13(16-4-2-5-17(12-16)23-11-3-10-21-23)22-19(25)15-8-6-14(7-9-15)18(20)24/h2-13H,1H3,(H2,20,24)(H,22,25)/t13-/m1/s1. The first-order chi connectivity index (χ1) is 12.0. The molecule has 2 aromatic carbocycles. The largest absolute Gasteiger partial charge is 0.366 e. The molecular formula is C19H18N4O2. The molecule has 6 heteroatoms. The van der Waals surface area contributed by atoms with Crippen LogP contribution in [-0.2, 0) is 0 Å². The van der Waals surface area contributed by atoms with E-state index in [0.29, 0.717) is 11.1 Å². The highest BCUT2D eigenvalue weighted by molar-refractivity contribution is 5.97. The highest BCUT2D eigenvalue weighted by Crippen LogP contribution is 2.17. The Kier molecular flexibility index (Phi) is 4.61. The van der Waals surface area contributed by atoms with Crippen molar-refractivity contribution in [3.63, 3.8) is 0 Å². The first-order valence-electron chi connectivity index (χ1n) is 7.85. The number of carbonyl (C=O) groups is 2. The van der Waals surface area contributed by atoms with E-state index in [1.807, 2.05) is 43.5 Å². The first-order valence-corrected chi connectivity index (χ1v) is 7.85. The fraction of sp³-hybridized carbons (Fsp3) is 0.105. The van der Waals surface area contributed by atoms with Gasteiger partial charge in [-0.3, -0.25) is 9.59 Å². The van der Waals surface area contributed by atoms with Crippen LogP contribution in [0.25, 0.3) is 5.69 Å². The number of carbonyl (C=O) groups excluding carboxylic acids is 2. The number of nitrogens with one attached hydrogen (secondary N) is 1. The summed E-state index contributed by atoms with van der Waals surface area (Å²) in [4.78, 5) is 23.5. The highest BCUT2D eigenvalue weighted by Gasteiger charge is 2.13. The topological polar surface area (TPSA) is 90.0 Å². The van der Waals surface area contributed by atoms with Crippen molar-refractivity contribution in [1.29, 1.82) is 0 Å². The van der Waals surface area contributed by atoms with Crippen LogP contribution in [0.5, 0.6) is 0 Å². The van der Waals surface area contributed by atoms with Gasteiger partial charge in [-0.05, 0) is 55.0 Å². The van der Waals surface area contributed by atoms with E-state index in [1.54, 1.807) is 35.1 Å². The molecule has 0 radical (unpaired) electrons. The predicted octanol–water partition coefficient (Wildman–Crippen LogP) is 2.46. The van der Waals surface area contributed by atoms with Gasteiger partial charge in [-0.15, -0.1) is 0 Å². The second-order valence-corrected chi connectivity index (χ2v) is 5.68. The SMILES string of the molecule is C[C@@H](NC(=O)c1ccc(C(N)=O)cc1)c1cccc(-n2cccn2)c1. The van der Waals surface area contributed by atoms with Crippen LogP contribution in [0.4, 0.5) is 0 Å². The highest BCUT2D eigenvalue weighted by atomic mass is 16.2. The third-order valence-electron chi connectivity index (χ3n) is 3.92. The first kappa shape index (κ1) is 16.4. The van der Waals surface area contributed by atoms with Crippen LogP contribution in [0.3, 0.4) is 0 Å². The molecule has 0 bridgehead atoms. The van der Waals surface area contributed by atoms with E-state index in [1.165, 1.54) is 0 Å². The van der Waals surface area contributed by atoms with Crippen LogP contribution >= 0.6 is 0 Å². The average molecular weight is 334 g/mol. The third kappa shape index (κ3) is 3.74. The zero-order valence-electron chi connectivity index (χ0n) is 13.7. The van der Waals surface area contributed by atoms with Gasteiger partial charge in [-0.25, -0.2) is 4.68 Å². The van der Waals surface area contributed by atoms with Crippen LogP contribution in [0.2, 0.25) is 0 Å². The molecule has 0 spiro atoms. The summed E-state index contributed by atoms with van der Waals surface area (Å²) in [5, 5.41) is 7.16. The van der Waals surface area contributed by atoms with Gasteiger partial charge in [0, 0.05) is 23.5 Å². The summed E-state index contributed by atoms with van der Waals surface area (Å²) in [5.74, 6) is -0.733. The fourth-order valence-electron chi connectivity index (χ4n) is 2.51. The van der Waals surface area contributed by atoms with Gasteiger partial charge in [-0.1, -0.05) is 12.1 Å². The van der Waals surface area contributed by atoms with Crippen LogP contribution in [0.15, 0.2) is 67.0 Å². The number of aromatic nitrogens is 2. The van der Waals surface area contributed by atoms with Crippen molar-refractivity contribution in [2.75, 3.05) is 0 Å². The van der Waals surface area contributed by atoms with E-state index in [-0.39, 0.29) is 11.9 Å². The Morgan fingerprint density at radius 1 is 1.08 bits per heavy atom. The molecule has 3 N–H and O–H groups in total. The normalized spacial score (nSPS) is 11.7. The zero-order chi connectivity index (χ0) is 17.8. The number of hydrogen-bond acceptors (Lipinski definition) is 3. The molecule has 0 aliphatic rings. The van der Waals surface area contributed by atoms with E-state index in [9.17, 15) is 9.59 Å². The van der Waals surface area contributed by atoms with E-state index in [4.69, 9.17) is 5.73 Å². The van der Waals surface area contributed by atoms with E-state index in [0.717, 1.165) is 11.3 Å². The van der Waals surface area contributed by atoms with Crippen molar-refractivity contribution in [3.8, 4) is 5.69 Å². The zero-order valence-corrected chi connectivity index (χ0v) is 13.7. The van der Waals surface area contributed by atoms with Gasteiger partial charge in [-0.2, -0.15) is 5.10 Å². The van der Waals surface area contributed by atoms with Gasteiger partial charge >= 0.3 is 0 Å². The van der Waals surface area contributed by atoms with Gasteiger partial charge in [0.2, 0.25) is 5.91 Å². The maximum absolute atomic E-state index is 12.4. The molecule has 6 nitrogen and oxygen atoms in total. The number of nitrogens with zero attached hydrogens (tertiary/aromatic N) is 2. The van der Waals surface area contributed by atoms with E-state index < -0.39 is 5.91 Å². The lowest BCUT2D eigenvalue weighted by Crippen LogP contribution is -2.26. The average Bonchev–Trinajstić information content (AvgIpc) is 3.16. The van der Waals surface area contributed by atoms with Gasteiger partial charge in [0.25, 0.3) is 5.91 Å². The number of rotatable bonds is 5. The van der Waals surface area contributed by atoms with Gasteiger partial charge < -0.3 is 11.1 Å². The van der Waals surface area contributed by atoms with Crippen LogP contribution in [-0.4, -0.2) is 21.6 Å².